The number of aromatic nitrogens is 2. The molecule has 0 bridgehead atoms. The summed E-state index contributed by atoms with van der Waals surface area (Å²) in [7, 11) is 0. The van der Waals surface area contributed by atoms with Crippen LogP contribution in [0.2, 0.25) is 0 Å². The van der Waals surface area contributed by atoms with E-state index in [0.29, 0.717) is 25.5 Å². The highest BCUT2D eigenvalue weighted by Gasteiger charge is 2.30. The molecule has 3 rings (SSSR count). The van der Waals surface area contributed by atoms with Gasteiger partial charge in [-0.15, -0.1) is 0 Å². The van der Waals surface area contributed by atoms with Gasteiger partial charge in [0.15, 0.2) is 0 Å². The zero-order valence-corrected chi connectivity index (χ0v) is 11.8. The SMILES string of the molecule is O=C1CC(C(=O)NC2CCCN(c3ncccn3)C2)CN1. The topological polar surface area (TPSA) is 87.2 Å². The van der Waals surface area contributed by atoms with E-state index < -0.39 is 0 Å². The first-order chi connectivity index (χ1) is 10.2. The Morgan fingerprint density at radius 1 is 1.38 bits per heavy atom. The molecule has 21 heavy (non-hydrogen) atoms. The quantitative estimate of drug-likeness (QED) is 0.797. The standard InChI is InChI=1S/C14H19N5O2/c20-12-7-10(8-17-12)13(21)18-11-3-1-6-19(9-11)14-15-4-2-5-16-14/h2,4-5,10-11H,1,3,6-9H2,(H,17,20)(H,18,21). The molecule has 0 aromatic carbocycles. The molecule has 2 N–H and O–H groups in total. The lowest BCUT2D eigenvalue weighted by atomic mass is 10.0. The predicted octanol–water partition coefficient (Wildman–Crippen LogP) is -0.302. The van der Waals surface area contributed by atoms with Crippen molar-refractivity contribution < 1.29 is 9.59 Å². The number of hydrogen-bond acceptors (Lipinski definition) is 5. The second kappa shape index (κ2) is 6.07. The average Bonchev–Trinajstić information content (AvgIpc) is 2.95. The Balaban J connectivity index is 1.56. The largest absolute Gasteiger partial charge is 0.355 e. The van der Waals surface area contributed by atoms with Gasteiger partial charge < -0.3 is 15.5 Å². The molecule has 2 aliphatic heterocycles. The molecule has 2 unspecified atom stereocenters. The van der Waals surface area contributed by atoms with Crippen LogP contribution >= 0.6 is 0 Å². The molecule has 3 heterocycles. The van der Waals surface area contributed by atoms with Crippen LogP contribution in [0.4, 0.5) is 5.95 Å². The molecule has 2 aliphatic rings. The van der Waals surface area contributed by atoms with Crippen LogP contribution in [0.25, 0.3) is 0 Å². The van der Waals surface area contributed by atoms with E-state index >= 15 is 0 Å². The molecular formula is C14H19N5O2. The zero-order valence-electron chi connectivity index (χ0n) is 11.8. The summed E-state index contributed by atoms with van der Waals surface area (Å²) in [6.45, 7) is 2.06. The fourth-order valence-corrected chi connectivity index (χ4v) is 2.84. The van der Waals surface area contributed by atoms with E-state index in [0.717, 1.165) is 19.4 Å². The number of rotatable bonds is 3. The summed E-state index contributed by atoms with van der Waals surface area (Å²) in [5.74, 6) is 0.391. The Morgan fingerprint density at radius 2 is 2.19 bits per heavy atom. The molecule has 0 spiro atoms. The van der Waals surface area contributed by atoms with Crippen molar-refractivity contribution in [3.8, 4) is 0 Å². The highest BCUT2D eigenvalue weighted by Crippen LogP contribution is 2.16. The smallest absolute Gasteiger partial charge is 0.225 e. The summed E-state index contributed by atoms with van der Waals surface area (Å²) in [5, 5.41) is 5.74. The van der Waals surface area contributed by atoms with Gasteiger partial charge in [0.25, 0.3) is 0 Å². The van der Waals surface area contributed by atoms with Crippen molar-refractivity contribution in [1.29, 1.82) is 0 Å². The molecule has 7 heteroatoms. The summed E-state index contributed by atoms with van der Waals surface area (Å²) in [6, 6.07) is 1.88. The summed E-state index contributed by atoms with van der Waals surface area (Å²) in [6.07, 6.45) is 5.68. The van der Waals surface area contributed by atoms with E-state index in [9.17, 15) is 9.59 Å². The molecule has 2 fully saturated rings. The number of nitrogens with one attached hydrogen (secondary N) is 2. The van der Waals surface area contributed by atoms with Crippen LogP contribution in [-0.4, -0.2) is 47.5 Å². The number of carbonyl (C=O) groups excluding carboxylic acids is 2. The molecule has 2 atom stereocenters. The summed E-state index contributed by atoms with van der Waals surface area (Å²) >= 11 is 0. The monoisotopic (exact) mass is 289 g/mol. The Bertz CT molecular complexity index is 521. The molecule has 112 valence electrons. The van der Waals surface area contributed by atoms with Gasteiger partial charge in [-0.3, -0.25) is 9.59 Å². The lowest BCUT2D eigenvalue weighted by Gasteiger charge is -2.33. The third kappa shape index (κ3) is 3.29. The normalized spacial score (nSPS) is 25.5. The highest BCUT2D eigenvalue weighted by atomic mass is 16.2. The van der Waals surface area contributed by atoms with Crippen molar-refractivity contribution in [3.05, 3.63) is 18.5 Å². The molecule has 0 saturated carbocycles. The van der Waals surface area contributed by atoms with E-state index in [4.69, 9.17) is 0 Å². The summed E-state index contributed by atoms with van der Waals surface area (Å²) in [5.41, 5.74) is 0. The van der Waals surface area contributed by atoms with Gasteiger partial charge >= 0.3 is 0 Å². The summed E-state index contributed by atoms with van der Waals surface area (Å²) in [4.78, 5) is 33.9. The van der Waals surface area contributed by atoms with E-state index in [1.54, 1.807) is 18.5 Å². The fraction of sp³-hybridized carbons (Fsp3) is 0.571. The molecule has 1 aromatic heterocycles. The lowest BCUT2D eigenvalue weighted by Crippen LogP contribution is -2.49. The fourth-order valence-electron chi connectivity index (χ4n) is 2.84. The van der Waals surface area contributed by atoms with E-state index in [2.05, 4.69) is 25.5 Å². The maximum absolute atomic E-state index is 12.1. The maximum Gasteiger partial charge on any atom is 0.225 e. The number of piperidine rings is 1. The van der Waals surface area contributed by atoms with Crippen molar-refractivity contribution in [1.82, 2.24) is 20.6 Å². The number of amides is 2. The molecule has 2 amide bonds. The number of anilines is 1. The third-order valence-electron chi connectivity index (χ3n) is 3.95. The van der Waals surface area contributed by atoms with Crippen molar-refractivity contribution in [2.75, 3.05) is 24.5 Å². The van der Waals surface area contributed by atoms with E-state index in [1.165, 1.54) is 0 Å². The van der Waals surface area contributed by atoms with Gasteiger partial charge in [-0.2, -0.15) is 0 Å². The van der Waals surface area contributed by atoms with Gasteiger partial charge in [0.2, 0.25) is 17.8 Å². The van der Waals surface area contributed by atoms with Crippen LogP contribution in [-0.2, 0) is 9.59 Å². The Hall–Kier alpha value is -2.18. The molecular weight excluding hydrogens is 270 g/mol. The van der Waals surface area contributed by atoms with Crippen molar-refractivity contribution in [2.24, 2.45) is 5.92 Å². The minimum Gasteiger partial charge on any atom is -0.355 e. The first-order valence-electron chi connectivity index (χ1n) is 7.31. The minimum absolute atomic E-state index is 0.0332. The number of carbonyl (C=O) groups is 2. The van der Waals surface area contributed by atoms with Gasteiger partial charge in [-0.1, -0.05) is 0 Å². The second-order valence-corrected chi connectivity index (χ2v) is 5.55. The molecule has 1 aromatic rings. The molecule has 0 radical (unpaired) electrons. The van der Waals surface area contributed by atoms with Crippen molar-refractivity contribution in [3.63, 3.8) is 0 Å². The van der Waals surface area contributed by atoms with Crippen LogP contribution in [0, 0.1) is 5.92 Å². The average molecular weight is 289 g/mol. The van der Waals surface area contributed by atoms with Crippen LogP contribution in [0.1, 0.15) is 19.3 Å². The Morgan fingerprint density at radius 3 is 2.90 bits per heavy atom. The maximum atomic E-state index is 12.1. The first-order valence-corrected chi connectivity index (χ1v) is 7.31. The van der Waals surface area contributed by atoms with Crippen LogP contribution in [0.5, 0.6) is 0 Å². The number of nitrogens with zero attached hydrogens (tertiary/aromatic N) is 3. The third-order valence-corrected chi connectivity index (χ3v) is 3.95. The minimum atomic E-state index is -0.235. The van der Waals surface area contributed by atoms with Crippen molar-refractivity contribution in [2.45, 2.75) is 25.3 Å². The van der Waals surface area contributed by atoms with E-state index in [-0.39, 0.29) is 23.8 Å². The van der Waals surface area contributed by atoms with Gasteiger partial charge in [0.1, 0.15) is 0 Å². The molecule has 0 aliphatic carbocycles. The van der Waals surface area contributed by atoms with Gasteiger partial charge in [-0.05, 0) is 18.9 Å². The molecule has 7 nitrogen and oxygen atoms in total. The van der Waals surface area contributed by atoms with Crippen molar-refractivity contribution >= 4 is 17.8 Å². The lowest BCUT2D eigenvalue weighted by molar-refractivity contribution is -0.127. The second-order valence-electron chi connectivity index (χ2n) is 5.55. The number of hydrogen-bond donors (Lipinski definition) is 2. The van der Waals surface area contributed by atoms with Crippen LogP contribution in [0.15, 0.2) is 18.5 Å². The predicted molar refractivity (Wildman–Crippen MR) is 76.5 cm³/mol. The first kappa shape index (κ1) is 13.8. The van der Waals surface area contributed by atoms with Crippen LogP contribution < -0.4 is 15.5 Å². The van der Waals surface area contributed by atoms with Gasteiger partial charge in [0.05, 0.1) is 5.92 Å². The summed E-state index contributed by atoms with van der Waals surface area (Å²) < 4.78 is 0. The molecule has 2 saturated heterocycles. The Labute approximate surface area is 123 Å². The van der Waals surface area contributed by atoms with Crippen LogP contribution in [0.3, 0.4) is 0 Å². The highest BCUT2D eigenvalue weighted by molar-refractivity contribution is 5.89. The van der Waals surface area contributed by atoms with E-state index in [1.807, 2.05) is 0 Å². The van der Waals surface area contributed by atoms with Gasteiger partial charge in [-0.25, -0.2) is 9.97 Å². The van der Waals surface area contributed by atoms with Gasteiger partial charge in [0, 0.05) is 44.5 Å². The Kier molecular flexibility index (Phi) is 3.98. The zero-order chi connectivity index (χ0) is 14.7.